The second-order valence-corrected chi connectivity index (χ2v) is 2.88. The van der Waals surface area contributed by atoms with Crippen molar-refractivity contribution in [2.45, 2.75) is 20.8 Å². The number of nitrogens with two attached hydrogens (primary N) is 1. The van der Waals surface area contributed by atoms with Crippen molar-refractivity contribution in [1.82, 2.24) is 5.32 Å². The van der Waals surface area contributed by atoms with Gasteiger partial charge in [0.05, 0.1) is 0 Å². The summed E-state index contributed by atoms with van der Waals surface area (Å²) in [5.74, 6) is 1.48. The van der Waals surface area contributed by atoms with Crippen molar-refractivity contribution in [1.29, 1.82) is 0 Å². The van der Waals surface area contributed by atoms with Crippen molar-refractivity contribution >= 4 is 0 Å². The minimum atomic E-state index is 0.594. The van der Waals surface area contributed by atoms with Crippen LogP contribution in [0.3, 0.4) is 0 Å². The zero-order valence-corrected chi connectivity index (χ0v) is 6.65. The average Bonchev–Trinajstić information content (AvgIpc) is 1.82. The van der Waals surface area contributed by atoms with Gasteiger partial charge in [0.15, 0.2) is 0 Å². The van der Waals surface area contributed by atoms with Crippen molar-refractivity contribution in [2.75, 3.05) is 13.2 Å². The second-order valence-electron chi connectivity index (χ2n) is 2.88. The van der Waals surface area contributed by atoms with E-state index in [1.165, 1.54) is 0 Å². The van der Waals surface area contributed by atoms with Gasteiger partial charge in [0.25, 0.3) is 0 Å². The van der Waals surface area contributed by atoms with E-state index >= 15 is 0 Å². The maximum Gasteiger partial charge on any atom is 0.0428 e. The largest absolute Gasteiger partial charge is 0.318 e. The van der Waals surface area contributed by atoms with Gasteiger partial charge in [-0.1, -0.05) is 20.8 Å². The molecule has 0 aromatic heterocycles. The Morgan fingerprint density at radius 2 is 1.89 bits per heavy atom. The molecule has 0 radical (unpaired) electrons. The summed E-state index contributed by atoms with van der Waals surface area (Å²) < 4.78 is 0. The summed E-state index contributed by atoms with van der Waals surface area (Å²) in [6, 6.07) is 0. The number of rotatable bonds is 4. The summed E-state index contributed by atoms with van der Waals surface area (Å²) in [4.78, 5) is 0. The topological polar surface area (TPSA) is 38.0 Å². The molecule has 3 N–H and O–H groups in total. The van der Waals surface area contributed by atoms with Gasteiger partial charge >= 0.3 is 0 Å². The molecule has 0 amide bonds. The second kappa shape index (κ2) is 4.77. The molecule has 0 heterocycles. The zero-order chi connectivity index (χ0) is 7.28. The SMILES string of the molecule is CC(C)C(C)CNCN. The lowest BCUT2D eigenvalue weighted by molar-refractivity contribution is 0.396. The first-order valence-corrected chi connectivity index (χ1v) is 3.59. The van der Waals surface area contributed by atoms with Crippen LogP contribution in [-0.4, -0.2) is 13.2 Å². The molecule has 0 rings (SSSR count). The van der Waals surface area contributed by atoms with E-state index in [9.17, 15) is 0 Å². The normalized spacial score (nSPS) is 14.3. The van der Waals surface area contributed by atoms with Gasteiger partial charge in [-0.25, -0.2) is 0 Å². The highest BCUT2D eigenvalue weighted by Gasteiger charge is 2.04. The monoisotopic (exact) mass is 130 g/mol. The fourth-order valence-corrected chi connectivity index (χ4v) is 0.547. The molecule has 0 aliphatic heterocycles. The van der Waals surface area contributed by atoms with Gasteiger partial charge in [-0.05, 0) is 18.4 Å². The third-order valence-corrected chi connectivity index (χ3v) is 1.75. The van der Waals surface area contributed by atoms with E-state index in [4.69, 9.17) is 5.73 Å². The maximum atomic E-state index is 5.27. The van der Waals surface area contributed by atoms with E-state index in [0.717, 1.165) is 18.4 Å². The van der Waals surface area contributed by atoms with Gasteiger partial charge in [-0.15, -0.1) is 0 Å². The molecule has 9 heavy (non-hydrogen) atoms. The minimum absolute atomic E-state index is 0.594. The molecule has 2 nitrogen and oxygen atoms in total. The van der Waals surface area contributed by atoms with Gasteiger partial charge in [-0.2, -0.15) is 0 Å². The van der Waals surface area contributed by atoms with Crippen LogP contribution in [0.25, 0.3) is 0 Å². The molecule has 2 heteroatoms. The van der Waals surface area contributed by atoms with E-state index < -0.39 is 0 Å². The molecule has 0 aromatic carbocycles. The number of hydrogen-bond donors (Lipinski definition) is 2. The fourth-order valence-electron chi connectivity index (χ4n) is 0.547. The van der Waals surface area contributed by atoms with Crippen LogP contribution in [-0.2, 0) is 0 Å². The molecular formula is C7H18N2. The summed E-state index contributed by atoms with van der Waals surface area (Å²) >= 11 is 0. The first-order chi connectivity index (χ1) is 4.18. The quantitative estimate of drug-likeness (QED) is 0.552. The van der Waals surface area contributed by atoms with Crippen LogP contribution in [0.15, 0.2) is 0 Å². The standard InChI is InChI=1S/C7H18N2/c1-6(2)7(3)4-9-5-8/h6-7,9H,4-5,8H2,1-3H3. The molecule has 0 saturated heterocycles. The molecule has 0 spiro atoms. The van der Waals surface area contributed by atoms with E-state index in [0.29, 0.717) is 6.67 Å². The maximum absolute atomic E-state index is 5.27. The van der Waals surface area contributed by atoms with Crippen molar-refractivity contribution < 1.29 is 0 Å². The Morgan fingerprint density at radius 1 is 1.33 bits per heavy atom. The summed E-state index contributed by atoms with van der Waals surface area (Å²) in [7, 11) is 0. The van der Waals surface area contributed by atoms with E-state index in [2.05, 4.69) is 26.1 Å². The Hall–Kier alpha value is -0.0800. The third kappa shape index (κ3) is 4.43. The number of hydrogen-bond acceptors (Lipinski definition) is 2. The first kappa shape index (κ1) is 8.92. The summed E-state index contributed by atoms with van der Waals surface area (Å²) in [5, 5.41) is 3.11. The lowest BCUT2D eigenvalue weighted by Crippen LogP contribution is -2.29. The zero-order valence-electron chi connectivity index (χ0n) is 6.65. The fraction of sp³-hybridized carbons (Fsp3) is 1.00. The van der Waals surface area contributed by atoms with Crippen LogP contribution in [0.4, 0.5) is 0 Å². The van der Waals surface area contributed by atoms with Crippen LogP contribution in [0.2, 0.25) is 0 Å². The molecule has 0 bridgehead atoms. The molecule has 0 aromatic rings. The third-order valence-electron chi connectivity index (χ3n) is 1.75. The van der Waals surface area contributed by atoms with Gasteiger partial charge in [0, 0.05) is 6.67 Å². The molecule has 0 fully saturated rings. The van der Waals surface area contributed by atoms with Crippen LogP contribution in [0.5, 0.6) is 0 Å². The lowest BCUT2D eigenvalue weighted by atomic mass is 9.98. The van der Waals surface area contributed by atoms with E-state index in [1.54, 1.807) is 0 Å². The van der Waals surface area contributed by atoms with Crippen molar-refractivity contribution in [3.05, 3.63) is 0 Å². The van der Waals surface area contributed by atoms with E-state index in [-0.39, 0.29) is 0 Å². The molecule has 0 aliphatic rings. The molecule has 1 unspecified atom stereocenters. The smallest absolute Gasteiger partial charge is 0.0428 e. The Balaban J connectivity index is 3.16. The Bertz CT molecular complexity index is 61.9. The average molecular weight is 130 g/mol. The van der Waals surface area contributed by atoms with Crippen LogP contribution >= 0.6 is 0 Å². The Kier molecular flexibility index (Phi) is 4.72. The van der Waals surface area contributed by atoms with Crippen LogP contribution in [0.1, 0.15) is 20.8 Å². The van der Waals surface area contributed by atoms with Crippen LogP contribution in [0, 0.1) is 11.8 Å². The molecular weight excluding hydrogens is 112 g/mol. The van der Waals surface area contributed by atoms with Crippen molar-refractivity contribution in [2.24, 2.45) is 17.6 Å². The van der Waals surface area contributed by atoms with Gasteiger partial charge < -0.3 is 11.1 Å². The predicted molar refractivity (Wildman–Crippen MR) is 41.1 cm³/mol. The highest BCUT2D eigenvalue weighted by molar-refractivity contribution is 4.58. The van der Waals surface area contributed by atoms with E-state index in [1.807, 2.05) is 0 Å². The van der Waals surface area contributed by atoms with Gasteiger partial charge in [-0.3, -0.25) is 0 Å². The van der Waals surface area contributed by atoms with Crippen molar-refractivity contribution in [3.8, 4) is 0 Å². The van der Waals surface area contributed by atoms with Crippen LogP contribution < -0.4 is 11.1 Å². The van der Waals surface area contributed by atoms with Crippen molar-refractivity contribution in [3.63, 3.8) is 0 Å². The highest BCUT2D eigenvalue weighted by atomic mass is 14.9. The van der Waals surface area contributed by atoms with Gasteiger partial charge in [0.2, 0.25) is 0 Å². The molecule has 0 saturated carbocycles. The summed E-state index contributed by atoms with van der Waals surface area (Å²) in [6.07, 6.45) is 0. The highest BCUT2D eigenvalue weighted by Crippen LogP contribution is 2.06. The summed E-state index contributed by atoms with van der Waals surface area (Å²) in [6.45, 7) is 8.31. The summed E-state index contributed by atoms with van der Waals surface area (Å²) in [5.41, 5.74) is 5.27. The minimum Gasteiger partial charge on any atom is -0.318 e. The predicted octanol–water partition coefficient (Wildman–Crippen LogP) is 0.784. The number of nitrogens with one attached hydrogen (secondary N) is 1. The molecule has 56 valence electrons. The lowest BCUT2D eigenvalue weighted by Gasteiger charge is -2.14. The Labute approximate surface area is 57.8 Å². The molecule has 1 atom stereocenters. The van der Waals surface area contributed by atoms with Gasteiger partial charge in [0.1, 0.15) is 0 Å². The molecule has 0 aliphatic carbocycles. The Morgan fingerprint density at radius 3 is 2.22 bits per heavy atom. The first-order valence-electron chi connectivity index (χ1n) is 3.59.